The van der Waals surface area contributed by atoms with Crippen LogP contribution in [0.3, 0.4) is 0 Å². The molecule has 1 aromatic heterocycles. The molecule has 1 aliphatic carbocycles. The third-order valence-electron chi connectivity index (χ3n) is 5.43. The number of anilines is 1. The number of thiazole rings is 1. The molecule has 0 bridgehead atoms. The van der Waals surface area contributed by atoms with Crippen molar-refractivity contribution < 1.29 is 4.79 Å². The lowest BCUT2D eigenvalue weighted by Gasteiger charge is -2.31. The molecule has 4 rings (SSSR count). The number of carbonyl (C=O) groups excluding carboxylic acids is 1. The SMILES string of the molecule is CCc1ccc2c(c1)[C@@H](c1ccccc1)[C@@](C)(C(=O)Nc1nccs1)C2. The van der Waals surface area contributed by atoms with E-state index in [-0.39, 0.29) is 11.8 Å². The molecule has 1 amide bonds. The van der Waals surface area contributed by atoms with Crippen LogP contribution in [0, 0.1) is 5.41 Å². The van der Waals surface area contributed by atoms with Crippen molar-refractivity contribution in [2.45, 2.75) is 32.6 Å². The van der Waals surface area contributed by atoms with Crippen LogP contribution in [0.5, 0.6) is 0 Å². The number of rotatable bonds is 4. The second-order valence-electron chi connectivity index (χ2n) is 7.12. The molecule has 0 radical (unpaired) electrons. The summed E-state index contributed by atoms with van der Waals surface area (Å²) in [7, 11) is 0. The van der Waals surface area contributed by atoms with Crippen molar-refractivity contribution in [2.24, 2.45) is 5.41 Å². The number of aryl methyl sites for hydroxylation is 1. The van der Waals surface area contributed by atoms with Crippen molar-refractivity contribution in [1.29, 1.82) is 0 Å². The zero-order valence-corrected chi connectivity index (χ0v) is 15.8. The van der Waals surface area contributed by atoms with Gasteiger partial charge in [0.2, 0.25) is 5.91 Å². The van der Waals surface area contributed by atoms with Crippen LogP contribution in [0.25, 0.3) is 0 Å². The number of hydrogen-bond acceptors (Lipinski definition) is 3. The van der Waals surface area contributed by atoms with Crippen molar-refractivity contribution in [3.8, 4) is 0 Å². The Morgan fingerprint density at radius 3 is 2.77 bits per heavy atom. The molecule has 3 nitrogen and oxygen atoms in total. The predicted molar refractivity (Wildman–Crippen MR) is 107 cm³/mol. The first-order valence-electron chi connectivity index (χ1n) is 8.99. The van der Waals surface area contributed by atoms with Gasteiger partial charge in [-0.05, 0) is 42.0 Å². The molecule has 1 N–H and O–H groups in total. The lowest BCUT2D eigenvalue weighted by Crippen LogP contribution is -2.37. The number of nitrogens with one attached hydrogen (secondary N) is 1. The predicted octanol–water partition coefficient (Wildman–Crippen LogP) is 5.04. The van der Waals surface area contributed by atoms with Crippen LogP contribution in [0.2, 0.25) is 0 Å². The van der Waals surface area contributed by atoms with Gasteiger partial charge in [-0.3, -0.25) is 4.79 Å². The van der Waals surface area contributed by atoms with E-state index >= 15 is 0 Å². The molecule has 1 aliphatic rings. The van der Waals surface area contributed by atoms with Gasteiger partial charge in [0.05, 0.1) is 5.41 Å². The average Bonchev–Trinajstić information content (AvgIpc) is 3.27. The number of hydrogen-bond donors (Lipinski definition) is 1. The van der Waals surface area contributed by atoms with Crippen LogP contribution >= 0.6 is 11.3 Å². The fourth-order valence-electron chi connectivity index (χ4n) is 4.06. The number of nitrogens with zero attached hydrogens (tertiary/aromatic N) is 1. The second-order valence-corrected chi connectivity index (χ2v) is 8.01. The maximum Gasteiger partial charge on any atom is 0.233 e. The summed E-state index contributed by atoms with van der Waals surface area (Å²) in [5, 5.41) is 5.57. The molecule has 0 aliphatic heterocycles. The van der Waals surface area contributed by atoms with Crippen LogP contribution in [-0.4, -0.2) is 10.9 Å². The molecule has 0 unspecified atom stereocenters. The molecule has 26 heavy (non-hydrogen) atoms. The Hall–Kier alpha value is -2.46. The molecule has 2 atom stereocenters. The van der Waals surface area contributed by atoms with E-state index < -0.39 is 5.41 Å². The highest BCUT2D eigenvalue weighted by Crippen LogP contribution is 2.51. The van der Waals surface area contributed by atoms with E-state index in [0.717, 1.165) is 12.8 Å². The van der Waals surface area contributed by atoms with Crippen LogP contribution < -0.4 is 5.32 Å². The Labute approximate surface area is 158 Å². The summed E-state index contributed by atoms with van der Waals surface area (Å²) in [4.78, 5) is 17.5. The van der Waals surface area contributed by atoms with E-state index in [2.05, 4.69) is 66.6 Å². The van der Waals surface area contributed by atoms with Crippen LogP contribution in [0.1, 0.15) is 42.0 Å². The lowest BCUT2D eigenvalue weighted by atomic mass is 9.73. The average molecular weight is 362 g/mol. The first kappa shape index (κ1) is 17.0. The summed E-state index contributed by atoms with van der Waals surface area (Å²) >= 11 is 1.45. The van der Waals surface area contributed by atoms with E-state index in [1.807, 2.05) is 11.4 Å². The van der Waals surface area contributed by atoms with Gasteiger partial charge in [-0.25, -0.2) is 4.98 Å². The van der Waals surface area contributed by atoms with Crippen LogP contribution in [0.4, 0.5) is 5.13 Å². The van der Waals surface area contributed by atoms with E-state index in [0.29, 0.717) is 5.13 Å². The highest BCUT2D eigenvalue weighted by atomic mass is 32.1. The van der Waals surface area contributed by atoms with Gasteiger partial charge in [-0.2, -0.15) is 0 Å². The summed E-state index contributed by atoms with van der Waals surface area (Å²) in [6, 6.07) is 17.1. The smallest absolute Gasteiger partial charge is 0.233 e. The molecular weight excluding hydrogens is 340 g/mol. The van der Waals surface area contributed by atoms with Gasteiger partial charge >= 0.3 is 0 Å². The molecule has 0 saturated heterocycles. The van der Waals surface area contributed by atoms with E-state index in [4.69, 9.17) is 0 Å². The van der Waals surface area contributed by atoms with Crippen molar-refractivity contribution in [1.82, 2.24) is 4.98 Å². The van der Waals surface area contributed by atoms with Crippen molar-refractivity contribution in [3.63, 3.8) is 0 Å². The van der Waals surface area contributed by atoms with Crippen molar-refractivity contribution >= 4 is 22.4 Å². The zero-order chi connectivity index (χ0) is 18.1. The molecule has 3 aromatic rings. The number of amides is 1. The number of fused-ring (bicyclic) bond motifs is 1. The highest BCUT2D eigenvalue weighted by molar-refractivity contribution is 7.13. The van der Waals surface area contributed by atoms with Crippen molar-refractivity contribution in [2.75, 3.05) is 5.32 Å². The molecule has 0 spiro atoms. The topological polar surface area (TPSA) is 42.0 Å². The molecule has 1 heterocycles. The Morgan fingerprint density at radius 1 is 1.27 bits per heavy atom. The third-order valence-corrected chi connectivity index (χ3v) is 6.12. The Kier molecular flexibility index (Phi) is 4.37. The van der Waals surface area contributed by atoms with Crippen LogP contribution in [0.15, 0.2) is 60.1 Å². The molecule has 0 fully saturated rings. The van der Waals surface area contributed by atoms with E-state index in [9.17, 15) is 4.79 Å². The van der Waals surface area contributed by atoms with Gasteiger partial charge in [-0.1, -0.05) is 55.5 Å². The maximum absolute atomic E-state index is 13.3. The van der Waals surface area contributed by atoms with Gasteiger partial charge in [0.1, 0.15) is 0 Å². The molecular formula is C22H22N2OS. The van der Waals surface area contributed by atoms with Gasteiger partial charge in [0.15, 0.2) is 5.13 Å². The number of benzene rings is 2. The number of carbonyl (C=O) groups is 1. The van der Waals surface area contributed by atoms with E-state index in [1.54, 1.807) is 6.20 Å². The highest BCUT2D eigenvalue weighted by Gasteiger charge is 2.48. The summed E-state index contributed by atoms with van der Waals surface area (Å²) in [6.45, 7) is 4.25. The third kappa shape index (κ3) is 2.84. The summed E-state index contributed by atoms with van der Waals surface area (Å²) < 4.78 is 0. The zero-order valence-electron chi connectivity index (χ0n) is 15.0. The summed E-state index contributed by atoms with van der Waals surface area (Å²) in [6.07, 6.45) is 3.45. The van der Waals surface area contributed by atoms with Gasteiger partial charge in [-0.15, -0.1) is 11.3 Å². The maximum atomic E-state index is 13.3. The Bertz CT molecular complexity index is 921. The van der Waals surface area contributed by atoms with Crippen LogP contribution in [-0.2, 0) is 17.6 Å². The summed E-state index contributed by atoms with van der Waals surface area (Å²) in [5.74, 6) is 0.0840. The fourth-order valence-corrected chi connectivity index (χ4v) is 4.59. The lowest BCUT2D eigenvalue weighted by molar-refractivity contribution is -0.125. The number of aromatic nitrogens is 1. The largest absolute Gasteiger partial charge is 0.301 e. The first-order valence-corrected chi connectivity index (χ1v) is 9.87. The first-order chi connectivity index (χ1) is 12.6. The minimum atomic E-state index is -0.540. The van der Waals surface area contributed by atoms with Crippen molar-refractivity contribution in [3.05, 3.63) is 82.4 Å². The standard InChI is InChI=1S/C22H22N2OS/c1-3-15-9-10-17-14-22(2,20(25)24-21-23-11-12-26-21)19(18(17)13-15)16-7-5-4-6-8-16/h4-13,19H,3,14H2,1-2H3,(H,23,24,25)/t19-,22+/m1/s1. The van der Waals surface area contributed by atoms with Gasteiger partial charge in [0, 0.05) is 17.5 Å². The molecule has 0 saturated carbocycles. The normalized spacial score (nSPS) is 21.4. The fraction of sp³-hybridized carbons (Fsp3) is 0.273. The molecule has 4 heteroatoms. The summed E-state index contributed by atoms with van der Waals surface area (Å²) in [5.41, 5.74) is 4.52. The van der Waals surface area contributed by atoms with Gasteiger partial charge in [0.25, 0.3) is 0 Å². The minimum absolute atomic E-state index is 0.0375. The molecule has 2 aromatic carbocycles. The quantitative estimate of drug-likeness (QED) is 0.706. The second kappa shape index (κ2) is 6.69. The Morgan fingerprint density at radius 2 is 2.08 bits per heavy atom. The minimum Gasteiger partial charge on any atom is -0.301 e. The Balaban J connectivity index is 1.79. The van der Waals surface area contributed by atoms with Gasteiger partial charge < -0.3 is 5.32 Å². The molecule has 132 valence electrons. The monoisotopic (exact) mass is 362 g/mol. The van der Waals surface area contributed by atoms with E-state index in [1.165, 1.54) is 33.6 Å².